The minimum Gasteiger partial charge on any atom is -0.357 e. The highest BCUT2D eigenvalue weighted by atomic mass is 32.1. The van der Waals surface area contributed by atoms with Gasteiger partial charge in [0.25, 0.3) is 0 Å². The Morgan fingerprint density at radius 2 is 1.89 bits per heavy atom. The van der Waals surface area contributed by atoms with Crippen molar-refractivity contribution in [2.75, 3.05) is 5.32 Å². The first kappa shape index (κ1) is 14.8. The molecule has 1 aromatic heterocycles. The first-order valence-corrected chi connectivity index (χ1v) is 8.26. The summed E-state index contributed by atoms with van der Waals surface area (Å²) in [5.74, 6) is 2.47. The summed E-state index contributed by atoms with van der Waals surface area (Å²) in [6.07, 6.45) is 5.34. The maximum absolute atomic E-state index is 4.67. The van der Waals surface area contributed by atoms with E-state index in [1.165, 1.54) is 37.2 Å². The smallest absolute Gasteiger partial charge is 0.202 e. The number of anilines is 1. The Kier molecular flexibility index (Phi) is 4.49. The SMILES string of the molecule is CC(C)C1CCCCC1Nc1nc(C(C)(C)C)ns1. The van der Waals surface area contributed by atoms with E-state index in [1.807, 2.05) is 0 Å². The first-order chi connectivity index (χ1) is 8.88. The van der Waals surface area contributed by atoms with Gasteiger partial charge in [-0.25, -0.2) is 4.98 Å². The van der Waals surface area contributed by atoms with E-state index in [4.69, 9.17) is 0 Å². The quantitative estimate of drug-likeness (QED) is 0.888. The van der Waals surface area contributed by atoms with Crippen molar-refractivity contribution in [3.8, 4) is 0 Å². The molecule has 108 valence electrons. The molecule has 1 aliphatic rings. The zero-order valence-electron chi connectivity index (χ0n) is 12.9. The largest absolute Gasteiger partial charge is 0.357 e. The molecule has 1 aromatic rings. The van der Waals surface area contributed by atoms with Crippen LogP contribution in [-0.2, 0) is 5.41 Å². The van der Waals surface area contributed by atoms with Crippen LogP contribution >= 0.6 is 11.5 Å². The third-order valence-corrected chi connectivity index (χ3v) is 4.73. The Bertz CT molecular complexity index is 406. The molecule has 0 radical (unpaired) electrons. The molecule has 0 amide bonds. The molecule has 0 saturated heterocycles. The highest BCUT2D eigenvalue weighted by Gasteiger charge is 2.28. The topological polar surface area (TPSA) is 37.8 Å². The number of aromatic nitrogens is 2. The van der Waals surface area contributed by atoms with Crippen molar-refractivity contribution >= 4 is 16.7 Å². The fraction of sp³-hybridized carbons (Fsp3) is 0.867. The molecule has 1 saturated carbocycles. The van der Waals surface area contributed by atoms with Crippen molar-refractivity contribution in [2.24, 2.45) is 11.8 Å². The second-order valence-electron chi connectivity index (χ2n) is 7.12. The van der Waals surface area contributed by atoms with Gasteiger partial charge in [0.1, 0.15) is 5.82 Å². The molecule has 1 N–H and O–H groups in total. The predicted octanol–water partition coefficient (Wildman–Crippen LogP) is 4.46. The number of hydrogen-bond acceptors (Lipinski definition) is 4. The fourth-order valence-corrected chi connectivity index (χ4v) is 3.70. The Hall–Kier alpha value is -0.640. The van der Waals surface area contributed by atoms with E-state index >= 15 is 0 Å². The standard InChI is InChI=1S/C15H27N3S/c1-10(2)11-8-6-7-9-12(11)16-14-17-13(18-19-14)15(3,4)5/h10-12H,6-9H2,1-5H3,(H,16,17,18). The van der Waals surface area contributed by atoms with Gasteiger partial charge in [-0.15, -0.1) is 0 Å². The van der Waals surface area contributed by atoms with Crippen LogP contribution in [0.1, 0.15) is 66.1 Å². The minimum atomic E-state index is 0.0421. The maximum Gasteiger partial charge on any atom is 0.202 e. The zero-order chi connectivity index (χ0) is 14.0. The van der Waals surface area contributed by atoms with E-state index in [2.05, 4.69) is 49.3 Å². The third kappa shape index (κ3) is 3.68. The van der Waals surface area contributed by atoms with Crippen LogP contribution in [0.25, 0.3) is 0 Å². The molecule has 0 aromatic carbocycles. The Morgan fingerprint density at radius 1 is 1.21 bits per heavy atom. The lowest BCUT2D eigenvalue weighted by molar-refractivity contribution is 0.253. The molecule has 2 rings (SSSR count). The number of nitrogens with zero attached hydrogens (tertiary/aromatic N) is 2. The summed E-state index contributed by atoms with van der Waals surface area (Å²) in [6.45, 7) is 11.2. The molecule has 1 fully saturated rings. The van der Waals surface area contributed by atoms with Crippen molar-refractivity contribution in [1.82, 2.24) is 9.36 Å². The Balaban J connectivity index is 2.05. The van der Waals surface area contributed by atoms with Crippen LogP contribution in [0.15, 0.2) is 0 Å². The molecule has 0 aliphatic heterocycles. The van der Waals surface area contributed by atoms with Crippen molar-refractivity contribution < 1.29 is 0 Å². The number of nitrogens with one attached hydrogen (secondary N) is 1. The van der Waals surface area contributed by atoms with Gasteiger partial charge in [-0.2, -0.15) is 4.37 Å². The second kappa shape index (κ2) is 5.78. The van der Waals surface area contributed by atoms with E-state index in [0.29, 0.717) is 6.04 Å². The molecule has 2 atom stereocenters. The molecule has 0 bridgehead atoms. The fourth-order valence-electron chi connectivity index (χ4n) is 2.88. The van der Waals surface area contributed by atoms with Gasteiger partial charge >= 0.3 is 0 Å². The summed E-state index contributed by atoms with van der Waals surface area (Å²) in [4.78, 5) is 4.67. The lowest BCUT2D eigenvalue weighted by atomic mass is 9.78. The van der Waals surface area contributed by atoms with Gasteiger partial charge in [0.05, 0.1) is 0 Å². The van der Waals surface area contributed by atoms with Gasteiger partial charge in [0.15, 0.2) is 0 Å². The molecule has 1 heterocycles. The lowest BCUT2D eigenvalue weighted by Gasteiger charge is -2.34. The van der Waals surface area contributed by atoms with Crippen LogP contribution in [0.2, 0.25) is 0 Å². The minimum absolute atomic E-state index is 0.0421. The monoisotopic (exact) mass is 281 g/mol. The second-order valence-corrected chi connectivity index (χ2v) is 7.87. The molecular formula is C15H27N3S. The Morgan fingerprint density at radius 3 is 2.47 bits per heavy atom. The maximum atomic E-state index is 4.67. The van der Waals surface area contributed by atoms with Crippen LogP contribution in [0.3, 0.4) is 0 Å². The highest BCUT2D eigenvalue weighted by molar-refractivity contribution is 7.09. The van der Waals surface area contributed by atoms with Gasteiger partial charge in [-0.1, -0.05) is 47.5 Å². The van der Waals surface area contributed by atoms with E-state index in [9.17, 15) is 0 Å². The van der Waals surface area contributed by atoms with Gasteiger partial charge in [-0.3, -0.25) is 0 Å². The van der Waals surface area contributed by atoms with E-state index in [-0.39, 0.29) is 5.41 Å². The summed E-state index contributed by atoms with van der Waals surface area (Å²) in [7, 11) is 0. The van der Waals surface area contributed by atoms with E-state index in [1.54, 1.807) is 0 Å². The molecule has 1 aliphatic carbocycles. The van der Waals surface area contributed by atoms with Crippen LogP contribution in [0.5, 0.6) is 0 Å². The van der Waals surface area contributed by atoms with Gasteiger partial charge < -0.3 is 5.32 Å². The van der Waals surface area contributed by atoms with Crippen molar-refractivity contribution in [1.29, 1.82) is 0 Å². The van der Waals surface area contributed by atoms with E-state index < -0.39 is 0 Å². The molecule has 0 spiro atoms. The van der Waals surface area contributed by atoms with Gasteiger partial charge in [-0.05, 0) is 24.7 Å². The molecule has 4 heteroatoms. The van der Waals surface area contributed by atoms with Gasteiger partial charge in [0, 0.05) is 23.0 Å². The van der Waals surface area contributed by atoms with Gasteiger partial charge in [0.2, 0.25) is 5.13 Å². The summed E-state index contributed by atoms with van der Waals surface area (Å²) in [5.41, 5.74) is 0.0421. The molecular weight excluding hydrogens is 254 g/mol. The van der Waals surface area contributed by atoms with Crippen LogP contribution < -0.4 is 5.32 Å². The average molecular weight is 281 g/mol. The Labute approximate surface area is 121 Å². The summed E-state index contributed by atoms with van der Waals surface area (Å²) < 4.78 is 4.49. The van der Waals surface area contributed by atoms with Crippen LogP contribution in [0.4, 0.5) is 5.13 Å². The summed E-state index contributed by atoms with van der Waals surface area (Å²) in [5, 5.41) is 4.65. The first-order valence-electron chi connectivity index (χ1n) is 7.48. The lowest BCUT2D eigenvalue weighted by Crippen LogP contribution is -2.35. The molecule has 19 heavy (non-hydrogen) atoms. The summed E-state index contributed by atoms with van der Waals surface area (Å²) in [6, 6.07) is 0.578. The average Bonchev–Trinajstić information content (AvgIpc) is 2.77. The molecule has 3 nitrogen and oxygen atoms in total. The van der Waals surface area contributed by atoms with Crippen molar-refractivity contribution in [3.05, 3.63) is 5.82 Å². The van der Waals surface area contributed by atoms with Crippen LogP contribution in [0, 0.1) is 11.8 Å². The summed E-state index contributed by atoms with van der Waals surface area (Å²) >= 11 is 1.51. The highest BCUT2D eigenvalue weighted by Crippen LogP contribution is 2.33. The molecule has 2 unspecified atom stereocenters. The normalized spacial score (nSPS) is 24.7. The zero-order valence-corrected chi connectivity index (χ0v) is 13.7. The van der Waals surface area contributed by atoms with Crippen molar-refractivity contribution in [2.45, 2.75) is 71.8 Å². The van der Waals surface area contributed by atoms with Crippen LogP contribution in [-0.4, -0.2) is 15.4 Å². The van der Waals surface area contributed by atoms with E-state index in [0.717, 1.165) is 22.8 Å². The third-order valence-electron chi connectivity index (χ3n) is 4.08. The number of hydrogen-bond donors (Lipinski definition) is 1. The van der Waals surface area contributed by atoms with Crippen molar-refractivity contribution in [3.63, 3.8) is 0 Å². The predicted molar refractivity (Wildman–Crippen MR) is 82.8 cm³/mol. The number of rotatable bonds is 3.